The van der Waals surface area contributed by atoms with Crippen LogP contribution in [-0.4, -0.2) is 32.9 Å². The van der Waals surface area contributed by atoms with Gasteiger partial charge in [-0.25, -0.2) is 0 Å². The van der Waals surface area contributed by atoms with Gasteiger partial charge in [0.1, 0.15) is 0 Å². The lowest BCUT2D eigenvalue weighted by Crippen LogP contribution is -2.02. The molecule has 1 heterocycles. The number of aromatic amines is 1. The Morgan fingerprint density at radius 3 is 2.32 bits per heavy atom. The van der Waals surface area contributed by atoms with E-state index in [1.165, 1.54) is 0 Å². The van der Waals surface area contributed by atoms with E-state index >= 15 is 0 Å². The number of ether oxygens (including phenoxy) is 3. The molecule has 0 aliphatic rings. The van der Waals surface area contributed by atoms with Gasteiger partial charge in [-0.3, -0.25) is 0 Å². The molecule has 1 aromatic heterocycles. The van der Waals surface area contributed by atoms with Gasteiger partial charge in [0, 0.05) is 17.6 Å². The Morgan fingerprint density at radius 1 is 1.11 bits per heavy atom. The molecule has 0 unspecified atom stereocenters. The van der Waals surface area contributed by atoms with Crippen molar-refractivity contribution in [1.29, 1.82) is 0 Å². The molecule has 3 N–H and O–H groups in total. The lowest BCUT2D eigenvalue weighted by molar-refractivity contribution is 0.327. The molecule has 0 aliphatic carbocycles. The van der Waals surface area contributed by atoms with E-state index < -0.39 is 0 Å². The molecule has 0 bridgehead atoms. The van der Waals surface area contributed by atoms with Gasteiger partial charge in [0.2, 0.25) is 5.75 Å². The quantitative estimate of drug-likeness (QED) is 0.883. The van der Waals surface area contributed by atoms with Crippen molar-refractivity contribution in [3.05, 3.63) is 17.8 Å². The summed E-state index contributed by atoms with van der Waals surface area (Å²) >= 11 is 0. The molecule has 0 spiro atoms. The van der Waals surface area contributed by atoms with Crippen LogP contribution in [0.15, 0.2) is 12.3 Å². The average Bonchev–Trinajstić information content (AvgIpc) is 2.79. The summed E-state index contributed by atoms with van der Waals surface area (Å²) < 4.78 is 16.2. The van der Waals surface area contributed by atoms with Crippen molar-refractivity contribution in [1.82, 2.24) is 4.98 Å². The molecular weight excluding hydrogens is 268 g/mol. The lowest BCUT2D eigenvalue weighted by atomic mass is 10.1. The molecule has 19 heavy (non-hydrogen) atoms. The van der Waals surface area contributed by atoms with Crippen molar-refractivity contribution >= 4 is 23.3 Å². The van der Waals surface area contributed by atoms with Gasteiger partial charge in [0.15, 0.2) is 11.5 Å². The highest BCUT2D eigenvalue weighted by molar-refractivity contribution is 5.94. The highest BCUT2D eigenvalue weighted by Crippen LogP contribution is 2.44. The Balaban J connectivity index is 0.00000180. The number of fused-ring (bicyclic) bond motifs is 1. The number of benzene rings is 1. The molecule has 2 aromatic rings. The minimum absolute atomic E-state index is 0. The summed E-state index contributed by atoms with van der Waals surface area (Å²) in [4.78, 5) is 3.20. The molecule has 6 heteroatoms. The molecule has 0 saturated heterocycles. The van der Waals surface area contributed by atoms with Crippen molar-refractivity contribution in [2.24, 2.45) is 5.73 Å². The van der Waals surface area contributed by atoms with Crippen molar-refractivity contribution in [2.75, 3.05) is 27.9 Å². The first-order valence-corrected chi connectivity index (χ1v) is 5.75. The van der Waals surface area contributed by atoms with Crippen LogP contribution < -0.4 is 19.9 Å². The Kier molecular flexibility index (Phi) is 5.32. The van der Waals surface area contributed by atoms with E-state index in [0.29, 0.717) is 23.8 Å². The third kappa shape index (κ3) is 2.57. The maximum atomic E-state index is 5.62. The van der Waals surface area contributed by atoms with Crippen molar-refractivity contribution < 1.29 is 14.2 Å². The number of nitrogens with one attached hydrogen (secondary N) is 1. The fourth-order valence-electron chi connectivity index (χ4n) is 2.18. The zero-order valence-corrected chi connectivity index (χ0v) is 12.1. The van der Waals surface area contributed by atoms with Gasteiger partial charge in [-0.2, -0.15) is 0 Å². The molecule has 106 valence electrons. The molecule has 1 aromatic carbocycles. The average molecular weight is 287 g/mol. The number of methoxy groups -OCH3 is 3. The Morgan fingerprint density at radius 2 is 1.79 bits per heavy atom. The van der Waals surface area contributed by atoms with Gasteiger partial charge < -0.3 is 24.9 Å². The molecule has 0 atom stereocenters. The highest BCUT2D eigenvalue weighted by atomic mass is 35.5. The van der Waals surface area contributed by atoms with Gasteiger partial charge in [0.05, 0.1) is 26.8 Å². The maximum Gasteiger partial charge on any atom is 0.204 e. The van der Waals surface area contributed by atoms with E-state index in [1.54, 1.807) is 21.3 Å². The van der Waals surface area contributed by atoms with E-state index in [0.717, 1.165) is 22.9 Å². The summed E-state index contributed by atoms with van der Waals surface area (Å²) in [6.07, 6.45) is 2.73. The van der Waals surface area contributed by atoms with Crippen LogP contribution in [0.4, 0.5) is 0 Å². The van der Waals surface area contributed by atoms with E-state index in [2.05, 4.69) is 4.98 Å². The van der Waals surface area contributed by atoms with Crippen LogP contribution in [0.5, 0.6) is 17.2 Å². The molecule has 0 saturated carbocycles. The molecule has 2 rings (SSSR count). The largest absolute Gasteiger partial charge is 0.493 e. The monoisotopic (exact) mass is 286 g/mol. The number of aromatic nitrogens is 1. The smallest absolute Gasteiger partial charge is 0.204 e. The first kappa shape index (κ1) is 15.5. The lowest BCUT2D eigenvalue weighted by Gasteiger charge is -2.13. The highest BCUT2D eigenvalue weighted by Gasteiger charge is 2.19. The Hall–Kier alpha value is -1.59. The number of halogens is 1. The topological polar surface area (TPSA) is 69.5 Å². The van der Waals surface area contributed by atoms with E-state index in [1.807, 2.05) is 12.3 Å². The standard InChI is InChI=1S/C13H18N2O3.ClH/c1-16-10-6-9-11(8(4-5-14)7-15-9)13(18-3)12(10)17-2;/h6-7,15H,4-5,14H2,1-3H3;1H. The number of nitrogens with two attached hydrogens (primary N) is 1. The molecule has 0 amide bonds. The third-order valence-corrected chi connectivity index (χ3v) is 2.97. The second-order valence-corrected chi connectivity index (χ2v) is 3.92. The number of hydrogen-bond acceptors (Lipinski definition) is 4. The fourth-order valence-corrected chi connectivity index (χ4v) is 2.18. The van der Waals surface area contributed by atoms with Crippen LogP contribution in [0.3, 0.4) is 0 Å². The summed E-state index contributed by atoms with van der Waals surface area (Å²) in [6, 6.07) is 1.90. The molecular formula is C13H19ClN2O3. The summed E-state index contributed by atoms with van der Waals surface area (Å²) in [7, 11) is 4.82. The third-order valence-electron chi connectivity index (χ3n) is 2.97. The maximum absolute atomic E-state index is 5.62. The van der Waals surface area contributed by atoms with E-state index in [9.17, 15) is 0 Å². The summed E-state index contributed by atoms with van der Waals surface area (Å²) in [5.74, 6) is 1.92. The Bertz CT molecular complexity index is 554. The fraction of sp³-hybridized carbons (Fsp3) is 0.385. The predicted molar refractivity (Wildman–Crippen MR) is 78.0 cm³/mol. The van der Waals surface area contributed by atoms with Crippen LogP contribution >= 0.6 is 12.4 Å². The van der Waals surface area contributed by atoms with Crippen LogP contribution in [0.1, 0.15) is 5.56 Å². The van der Waals surface area contributed by atoms with Crippen LogP contribution in [0.2, 0.25) is 0 Å². The molecule has 0 radical (unpaired) electrons. The zero-order valence-electron chi connectivity index (χ0n) is 11.3. The zero-order chi connectivity index (χ0) is 13.1. The molecule has 0 fully saturated rings. The number of rotatable bonds is 5. The Labute approximate surface area is 118 Å². The van der Waals surface area contributed by atoms with Gasteiger partial charge in [-0.05, 0) is 18.5 Å². The van der Waals surface area contributed by atoms with Crippen molar-refractivity contribution in [2.45, 2.75) is 6.42 Å². The minimum atomic E-state index is 0. The second-order valence-electron chi connectivity index (χ2n) is 3.92. The van der Waals surface area contributed by atoms with Gasteiger partial charge in [0.25, 0.3) is 0 Å². The normalized spacial score (nSPS) is 10.1. The first-order chi connectivity index (χ1) is 8.76. The van der Waals surface area contributed by atoms with Gasteiger partial charge in [-0.15, -0.1) is 12.4 Å². The number of H-pyrrole nitrogens is 1. The van der Waals surface area contributed by atoms with Gasteiger partial charge >= 0.3 is 0 Å². The van der Waals surface area contributed by atoms with Crippen molar-refractivity contribution in [3.63, 3.8) is 0 Å². The first-order valence-electron chi connectivity index (χ1n) is 5.75. The van der Waals surface area contributed by atoms with Crippen LogP contribution in [-0.2, 0) is 6.42 Å². The molecule has 0 aliphatic heterocycles. The van der Waals surface area contributed by atoms with Crippen LogP contribution in [0, 0.1) is 0 Å². The SMILES string of the molecule is COc1cc2[nH]cc(CCN)c2c(OC)c1OC.Cl. The summed E-state index contributed by atoms with van der Waals surface area (Å²) in [5, 5.41) is 1.00. The number of hydrogen-bond donors (Lipinski definition) is 2. The van der Waals surface area contributed by atoms with Gasteiger partial charge in [-0.1, -0.05) is 0 Å². The predicted octanol–water partition coefficient (Wildman–Crippen LogP) is 2.12. The summed E-state index contributed by atoms with van der Waals surface area (Å²) in [6.45, 7) is 0.588. The van der Waals surface area contributed by atoms with Crippen molar-refractivity contribution in [3.8, 4) is 17.2 Å². The van der Waals surface area contributed by atoms with E-state index in [-0.39, 0.29) is 12.4 Å². The molecule has 5 nitrogen and oxygen atoms in total. The van der Waals surface area contributed by atoms with Crippen LogP contribution in [0.25, 0.3) is 10.9 Å². The summed E-state index contributed by atoms with van der Waals surface area (Å²) in [5.41, 5.74) is 7.69. The minimum Gasteiger partial charge on any atom is -0.493 e. The van der Waals surface area contributed by atoms with E-state index in [4.69, 9.17) is 19.9 Å². The second kappa shape index (κ2) is 6.54.